The van der Waals surface area contributed by atoms with Gasteiger partial charge < -0.3 is 15.0 Å². The largest absolute Gasteiger partial charge is 0.376 e. The number of carbonyl (C=O) groups is 1. The summed E-state index contributed by atoms with van der Waals surface area (Å²) < 4.78 is 5.54. The van der Waals surface area contributed by atoms with Crippen molar-refractivity contribution in [2.45, 2.75) is 32.4 Å². The van der Waals surface area contributed by atoms with Crippen molar-refractivity contribution < 1.29 is 9.53 Å². The number of carbonyl (C=O) groups excluding carboxylic acids is 1. The zero-order chi connectivity index (χ0) is 16.1. The molecule has 2 aliphatic rings. The van der Waals surface area contributed by atoms with Crippen molar-refractivity contribution >= 4 is 6.03 Å². The summed E-state index contributed by atoms with van der Waals surface area (Å²) in [6.07, 6.45) is 2.38. The summed E-state index contributed by atoms with van der Waals surface area (Å²) in [4.78, 5) is 16.5. The van der Waals surface area contributed by atoms with Crippen LogP contribution in [-0.2, 0) is 11.3 Å². The summed E-state index contributed by atoms with van der Waals surface area (Å²) in [6, 6.07) is 8.70. The minimum atomic E-state index is 0.0516. The van der Waals surface area contributed by atoms with Gasteiger partial charge in [0.15, 0.2) is 0 Å². The van der Waals surface area contributed by atoms with Crippen LogP contribution in [0.1, 0.15) is 24.0 Å². The summed E-state index contributed by atoms with van der Waals surface area (Å²) in [5.74, 6) is 0. The maximum Gasteiger partial charge on any atom is 0.317 e. The van der Waals surface area contributed by atoms with Gasteiger partial charge in [-0.2, -0.15) is 0 Å². The minimum absolute atomic E-state index is 0.0516. The molecule has 2 heterocycles. The number of rotatable bonds is 4. The molecule has 0 radical (unpaired) electrons. The fourth-order valence-corrected chi connectivity index (χ4v) is 3.30. The van der Waals surface area contributed by atoms with Gasteiger partial charge in [0.2, 0.25) is 0 Å². The SMILES string of the molecule is Cc1cccc(CN2CCN(C(=O)NCC3CCCO3)CC2)c1. The first-order valence-corrected chi connectivity index (χ1v) is 8.63. The Hall–Kier alpha value is -1.59. The number of nitrogens with zero attached hydrogens (tertiary/aromatic N) is 2. The number of benzene rings is 1. The first-order chi connectivity index (χ1) is 11.2. The van der Waals surface area contributed by atoms with Crippen molar-refractivity contribution in [1.29, 1.82) is 0 Å². The maximum atomic E-state index is 12.2. The highest BCUT2D eigenvalue weighted by Crippen LogP contribution is 2.12. The third kappa shape index (κ3) is 4.69. The Balaban J connectivity index is 1.40. The summed E-state index contributed by atoms with van der Waals surface area (Å²) in [5.41, 5.74) is 2.65. The number of ether oxygens (including phenoxy) is 1. The van der Waals surface area contributed by atoms with Gasteiger partial charge in [-0.1, -0.05) is 29.8 Å². The Morgan fingerprint density at radius 3 is 2.83 bits per heavy atom. The fraction of sp³-hybridized carbons (Fsp3) is 0.611. The summed E-state index contributed by atoms with van der Waals surface area (Å²) >= 11 is 0. The van der Waals surface area contributed by atoms with Crippen molar-refractivity contribution in [3.63, 3.8) is 0 Å². The molecule has 1 atom stereocenters. The van der Waals surface area contributed by atoms with E-state index in [2.05, 4.69) is 41.4 Å². The summed E-state index contributed by atoms with van der Waals surface area (Å²) in [7, 11) is 0. The minimum Gasteiger partial charge on any atom is -0.376 e. The van der Waals surface area contributed by atoms with Gasteiger partial charge >= 0.3 is 6.03 Å². The molecule has 0 bridgehead atoms. The van der Waals surface area contributed by atoms with Crippen LogP contribution < -0.4 is 5.32 Å². The molecule has 0 spiro atoms. The average Bonchev–Trinajstić information content (AvgIpc) is 3.07. The smallest absolute Gasteiger partial charge is 0.317 e. The number of nitrogens with one attached hydrogen (secondary N) is 1. The van der Waals surface area contributed by atoms with Gasteiger partial charge in [0.1, 0.15) is 0 Å². The normalized spacial score (nSPS) is 22.3. The lowest BCUT2D eigenvalue weighted by molar-refractivity contribution is 0.104. The predicted octanol–water partition coefficient (Wildman–Crippen LogP) is 2.00. The molecular formula is C18H27N3O2. The van der Waals surface area contributed by atoms with E-state index in [1.807, 2.05) is 4.90 Å². The molecule has 23 heavy (non-hydrogen) atoms. The second-order valence-electron chi connectivity index (χ2n) is 6.57. The lowest BCUT2D eigenvalue weighted by Crippen LogP contribution is -2.52. The lowest BCUT2D eigenvalue weighted by Gasteiger charge is -2.35. The number of piperazine rings is 1. The number of hydrogen-bond donors (Lipinski definition) is 1. The van der Waals surface area contributed by atoms with Crippen LogP contribution in [0.3, 0.4) is 0 Å². The van der Waals surface area contributed by atoms with Crippen molar-refractivity contribution in [2.24, 2.45) is 0 Å². The quantitative estimate of drug-likeness (QED) is 0.924. The Kier molecular flexibility index (Phi) is 5.51. The van der Waals surface area contributed by atoms with E-state index in [9.17, 15) is 4.79 Å². The molecule has 0 saturated carbocycles. The molecule has 2 amide bonds. The van der Waals surface area contributed by atoms with Gasteiger partial charge in [-0.05, 0) is 25.3 Å². The third-order valence-corrected chi connectivity index (χ3v) is 4.65. The second kappa shape index (κ2) is 7.79. The fourth-order valence-electron chi connectivity index (χ4n) is 3.30. The van der Waals surface area contributed by atoms with Gasteiger partial charge in [-0.25, -0.2) is 4.79 Å². The molecule has 1 aromatic carbocycles. The summed E-state index contributed by atoms with van der Waals surface area (Å²) in [6.45, 7) is 8.02. The van der Waals surface area contributed by atoms with E-state index >= 15 is 0 Å². The van der Waals surface area contributed by atoms with Gasteiger partial charge in [0, 0.05) is 45.9 Å². The van der Waals surface area contributed by atoms with E-state index in [0.29, 0.717) is 6.54 Å². The van der Waals surface area contributed by atoms with Crippen LogP contribution in [-0.4, -0.2) is 61.3 Å². The molecule has 5 nitrogen and oxygen atoms in total. The van der Waals surface area contributed by atoms with Crippen molar-refractivity contribution in [2.75, 3.05) is 39.3 Å². The third-order valence-electron chi connectivity index (χ3n) is 4.65. The van der Waals surface area contributed by atoms with Crippen LogP contribution in [0.5, 0.6) is 0 Å². The molecule has 0 aliphatic carbocycles. The zero-order valence-corrected chi connectivity index (χ0v) is 14.0. The van der Waals surface area contributed by atoms with E-state index in [4.69, 9.17) is 4.74 Å². The Bertz CT molecular complexity index is 521. The van der Waals surface area contributed by atoms with E-state index in [0.717, 1.165) is 52.2 Å². The first kappa shape index (κ1) is 16.3. The molecule has 5 heteroatoms. The Morgan fingerprint density at radius 1 is 1.30 bits per heavy atom. The van der Waals surface area contributed by atoms with Crippen LogP contribution in [0.4, 0.5) is 4.79 Å². The molecule has 126 valence electrons. The Labute approximate surface area is 138 Å². The van der Waals surface area contributed by atoms with Gasteiger partial charge in [-0.3, -0.25) is 4.90 Å². The number of hydrogen-bond acceptors (Lipinski definition) is 3. The molecule has 2 saturated heterocycles. The number of amides is 2. The second-order valence-corrected chi connectivity index (χ2v) is 6.57. The topological polar surface area (TPSA) is 44.8 Å². The van der Waals surface area contributed by atoms with Crippen molar-refractivity contribution in [3.05, 3.63) is 35.4 Å². The maximum absolute atomic E-state index is 12.2. The van der Waals surface area contributed by atoms with Crippen LogP contribution in [0, 0.1) is 6.92 Å². The van der Waals surface area contributed by atoms with Gasteiger partial charge in [0.25, 0.3) is 0 Å². The molecule has 1 aromatic rings. The molecule has 0 aromatic heterocycles. The molecule has 2 fully saturated rings. The molecule has 1 unspecified atom stereocenters. The van der Waals surface area contributed by atoms with Crippen LogP contribution in [0.25, 0.3) is 0 Å². The highest BCUT2D eigenvalue weighted by Gasteiger charge is 2.22. The molecular weight excluding hydrogens is 290 g/mol. The Morgan fingerprint density at radius 2 is 2.13 bits per heavy atom. The van der Waals surface area contributed by atoms with E-state index < -0.39 is 0 Å². The van der Waals surface area contributed by atoms with E-state index in [-0.39, 0.29) is 12.1 Å². The van der Waals surface area contributed by atoms with E-state index in [1.165, 1.54) is 11.1 Å². The monoisotopic (exact) mass is 317 g/mol. The first-order valence-electron chi connectivity index (χ1n) is 8.63. The van der Waals surface area contributed by atoms with Gasteiger partial charge in [0.05, 0.1) is 6.10 Å². The predicted molar refractivity (Wildman–Crippen MR) is 90.4 cm³/mol. The van der Waals surface area contributed by atoms with E-state index in [1.54, 1.807) is 0 Å². The van der Waals surface area contributed by atoms with Crippen molar-refractivity contribution in [1.82, 2.24) is 15.1 Å². The van der Waals surface area contributed by atoms with Crippen molar-refractivity contribution in [3.8, 4) is 0 Å². The highest BCUT2D eigenvalue weighted by atomic mass is 16.5. The lowest BCUT2D eigenvalue weighted by atomic mass is 10.1. The standard InChI is InChI=1S/C18H27N3O2/c1-15-4-2-5-16(12-15)14-20-7-9-21(10-8-20)18(22)19-13-17-6-3-11-23-17/h2,4-5,12,17H,3,6-11,13-14H2,1H3,(H,19,22). The number of aryl methyl sites for hydroxylation is 1. The van der Waals surface area contributed by atoms with Crippen LogP contribution in [0.15, 0.2) is 24.3 Å². The molecule has 3 rings (SSSR count). The van der Waals surface area contributed by atoms with Crippen LogP contribution in [0.2, 0.25) is 0 Å². The average molecular weight is 317 g/mol. The highest BCUT2D eigenvalue weighted by molar-refractivity contribution is 5.74. The zero-order valence-electron chi connectivity index (χ0n) is 14.0. The number of urea groups is 1. The molecule has 1 N–H and O–H groups in total. The van der Waals surface area contributed by atoms with Gasteiger partial charge in [-0.15, -0.1) is 0 Å². The van der Waals surface area contributed by atoms with Crippen LogP contribution >= 0.6 is 0 Å². The molecule has 2 aliphatic heterocycles. The summed E-state index contributed by atoms with van der Waals surface area (Å²) in [5, 5.41) is 3.01.